The molecule has 0 bridgehead atoms. The number of nitrogens with one attached hydrogen (secondary N) is 4. The minimum atomic E-state index is -0.133. The topological polar surface area (TPSA) is 305 Å². The molecule has 642 valence electrons. The van der Waals surface area contributed by atoms with Crippen LogP contribution in [-0.4, -0.2) is 137 Å². The van der Waals surface area contributed by atoms with E-state index < -0.39 is 0 Å². The van der Waals surface area contributed by atoms with Gasteiger partial charge in [0.25, 0.3) is 5.56 Å². The molecule has 0 unspecified atom stereocenters. The van der Waals surface area contributed by atoms with Gasteiger partial charge in [0.05, 0.1) is 99.9 Å². The lowest BCUT2D eigenvalue weighted by atomic mass is 10.1. The summed E-state index contributed by atoms with van der Waals surface area (Å²) >= 11 is 0. The van der Waals surface area contributed by atoms with Gasteiger partial charge < -0.3 is 82.8 Å². The third kappa shape index (κ3) is 18.1. The normalized spacial score (nSPS) is 11.1. The summed E-state index contributed by atoms with van der Waals surface area (Å²) in [6.07, 6.45) is 1.40. The Morgan fingerprint density at radius 1 is 0.363 bits per heavy atom. The summed E-state index contributed by atoms with van der Waals surface area (Å²) in [5.41, 5.74) is 25.2. The summed E-state index contributed by atoms with van der Waals surface area (Å²) in [5.74, 6) is 9.83. The van der Waals surface area contributed by atoms with Gasteiger partial charge in [-0.2, -0.15) is 20.4 Å². The number of aryl methyl sites for hydroxylation is 12. The van der Waals surface area contributed by atoms with E-state index in [1.54, 1.807) is 34.5 Å². The fourth-order valence-corrected chi connectivity index (χ4v) is 16.7. The SMILES string of the molecule is CCOc1ccc(-n2c(C)c3c(C)nnc(N)c3c2C)c(OC)c1.CCOc1ccc(-n2c(C)c3c(C)nnc(NCCc4cccc(OC)c4)c3c2C)cc1.CCOc1ccc(-n2c(C)c3c(C)nnc(NCCc4nc5ccccc5c(=O)[nH]4)c3c2C)c(OC)c1.CCOc1ccc(-n2c(C)c3c(C)nnc(NCc4ccccc4OC)c3c2C)cc1. The van der Waals surface area contributed by atoms with Crippen molar-refractivity contribution in [2.45, 2.75) is 130 Å². The van der Waals surface area contributed by atoms with Crippen molar-refractivity contribution in [2.24, 2.45) is 0 Å². The number of methoxy groups -OCH3 is 4. The highest BCUT2D eigenvalue weighted by Gasteiger charge is 2.26. The van der Waals surface area contributed by atoms with Crippen LogP contribution in [0.3, 0.4) is 0 Å². The molecule has 0 saturated heterocycles. The Hall–Kier alpha value is -14.2. The number of anilines is 4. The van der Waals surface area contributed by atoms with Gasteiger partial charge >= 0.3 is 0 Å². The largest absolute Gasteiger partial charge is 0.497 e. The molecule has 9 aromatic heterocycles. The van der Waals surface area contributed by atoms with Crippen molar-refractivity contribution < 1.29 is 37.9 Å². The van der Waals surface area contributed by atoms with Crippen molar-refractivity contribution in [3.8, 4) is 68.7 Å². The molecular weight excluding hydrogens is 1560 g/mol. The lowest BCUT2D eigenvalue weighted by Crippen LogP contribution is -2.15. The number of aromatic amines is 1. The van der Waals surface area contributed by atoms with E-state index in [-0.39, 0.29) is 5.56 Å². The van der Waals surface area contributed by atoms with Crippen LogP contribution in [0.15, 0.2) is 163 Å². The Morgan fingerprint density at radius 3 is 1.24 bits per heavy atom. The average molecular weight is 1670 g/mol. The number of para-hydroxylation sites is 2. The van der Waals surface area contributed by atoms with Crippen molar-refractivity contribution in [1.29, 1.82) is 0 Å². The van der Waals surface area contributed by atoms with E-state index in [1.807, 2.05) is 178 Å². The van der Waals surface area contributed by atoms with Crippen LogP contribution >= 0.6 is 0 Å². The fraction of sp³-hybridized carbons (Fsp3) is 0.299. The minimum absolute atomic E-state index is 0.133. The van der Waals surface area contributed by atoms with E-state index in [9.17, 15) is 4.79 Å². The molecule has 16 aromatic rings. The summed E-state index contributed by atoms with van der Waals surface area (Å²) in [4.78, 5) is 19.9. The van der Waals surface area contributed by atoms with Crippen LogP contribution in [0.4, 0.5) is 23.3 Å². The molecule has 0 saturated carbocycles. The zero-order valence-electron chi connectivity index (χ0n) is 74.4. The number of nitrogens with zero attached hydrogens (tertiary/aromatic N) is 13. The lowest BCUT2D eigenvalue weighted by Gasteiger charge is -2.15. The third-order valence-corrected chi connectivity index (χ3v) is 22.2. The standard InChI is InChI=1S/C28H30N6O3.C26H30N4O2.C25H28N4O2.C18H22N4O2/c1-6-37-19-11-12-22(23(15-19)36-5)34-17(3)25-16(2)32-33-27(26(25)18(34)4)29-14-13-24-30-21-10-8-7-9-20(21)28(35)31-24;1-6-32-22-12-10-21(11-13-22)30-18(3)24-17(2)28-29-26(25(24)19(30)4)27-15-14-20-8-7-9-23(16-20)31-5;1-6-31-21-13-11-20(12-14-21)29-17(3)23-16(2)27-28-25(24(23)18(29)4)26-15-19-9-7-8-10-22(19)30-5;1-6-24-13-7-8-14(15(9-13)23-5)22-11(3)16-10(2)20-21-18(19)17(16)12(22)4/h7-12,15H,6,13-14H2,1-5H3,(H,29,33)(H,30,31,35);7-13,16H,6,14-15H2,1-5H3,(H,27,29);7-14H,6,15H2,1-5H3,(H,26,28);7-9H,6H2,1-5H3,(H2,19,21). The number of nitrogen functional groups attached to an aromatic ring is 1. The van der Waals surface area contributed by atoms with E-state index in [4.69, 9.17) is 43.6 Å². The number of nitrogens with two attached hydrogens (primary N) is 1. The zero-order valence-corrected chi connectivity index (χ0v) is 74.4. The van der Waals surface area contributed by atoms with Crippen molar-refractivity contribution in [2.75, 3.05) is 89.6 Å². The second-order valence-corrected chi connectivity index (χ2v) is 29.9. The molecule has 0 aliphatic heterocycles. The van der Waals surface area contributed by atoms with Gasteiger partial charge in [-0.1, -0.05) is 42.5 Å². The minimum Gasteiger partial charge on any atom is -0.497 e. The number of ether oxygens (including phenoxy) is 8. The quantitative estimate of drug-likeness (QED) is 0.0319. The van der Waals surface area contributed by atoms with Gasteiger partial charge in [0.15, 0.2) is 23.3 Å². The molecule has 0 fully saturated rings. The highest BCUT2D eigenvalue weighted by atomic mass is 16.5. The summed E-state index contributed by atoms with van der Waals surface area (Å²) in [7, 11) is 6.70. The molecule has 0 atom stereocenters. The molecule has 9 heterocycles. The Balaban J connectivity index is 0.000000144. The number of fused-ring (bicyclic) bond motifs is 5. The summed E-state index contributed by atoms with van der Waals surface area (Å²) < 4.78 is 53.4. The van der Waals surface area contributed by atoms with E-state index in [0.717, 1.165) is 210 Å². The van der Waals surface area contributed by atoms with E-state index in [2.05, 4.69) is 170 Å². The molecule has 27 nitrogen and oxygen atoms in total. The van der Waals surface area contributed by atoms with Crippen LogP contribution < -0.4 is 65.1 Å². The highest BCUT2D eigenvalue weighted by molar-refractivity contribution is 6.01. The molecule has 0 amide bonds. The van der Waals surface area contributed by atoms with Gasteiger partial charge in [-0.15, -0.1) is 20.4 Å². The third-order valence-electron chi connectivity index (χ3n) is 22.2. The van der Waals surface area contributed by atoms with Gasteiger partial charge in [0.1, 0.15) is 51.8 Å². The van der Waals surface area contributed by atoms with Crippen LogP contribution in [0.5, 0.6) is 46.0 Å². The molecule has 7 aromatic carbocycles. The number of aromatic nitrogens is 14. The molecule has 0 radical (unpaired) electrons. The molecular formula is C97H110N18O9. The average Bonchev–Trinajstić information content (AvgIpc) is 1.53. The molecule has 124 heavy (non-hydrogen) atoms. The number of hydrogen-bond acceptors (Lipinski definition) is 22. The molecule has 0 spiro atoms. The van der Waals surface area contributed by atoms with E-state index in [1.165, 1.54) is 5.56 Å². The van der Waals surface area contributed by atoms with Gasteiger partial charge in [-0.3, -0.25) is 4.79 Å². The van der Waals surface area contributed by atoms with Gasteiger partial charge in [-0.25, -0.2) is 4.98 Å². The van der Waals surface area contributed by atoms with Crippen molar-refractivity contribution >= 4 is 77.3 Å². The molecule has 16 rings (SSSR count). The fourth-order valence-electron chi connectivity index (χ4n) is 16.7. The summed E-state index contributed by atoms with van der Waals surface area (Å²) in [6.45, 7) is 37.0. The Kier molecular flexibility index (Phi) is 27.6. The van der Waals surface area contributed by atoms with Gasteiger partial charge in [0, 0.05) is 144 Å². The van der Waals surface area contributed by atoms with E-state index in [0.29, 0.717) is 74.3 Å². The molecule has 27 heteroatoms. The maximum Gasteiger partial charge on any atom is 0.258 e. The van der Waals surface area contributed by atoms with Crippen LogP contribution in [0.1, 0.15) is 113 Å². The summed E-state index contributed by atoms with van der Waals surface area (Å²) in [5, 5.41) is 54.5. The number of H-pyrrole nitrogens is 1. The lowest BCUT2D eigenvalue weighted by molar-refractivity contribution is 0.335. The van der Waals surface area contributed by atoms with Gasteiger partial charge in [0.2, 0.25) is 0 Å². The maximum absolute atomic E-state index is 12.4. The summed E-state index contributed by atoms with van der Waals surface area (Å²) in [6, 6.07) is 51.6. The first-order valence-corrected chi connectivity index (χ1v) is 41.7. The van der Waals surface area contributed by atoms with Crippen molar-refractivity contribution in [3.05, 3.63) is 253 Å². The second kappa shape index (κ2) is 39.1. The first kappa shape index (κ1) is 87.6. The monoisotopic (exact) mass is 1670 g/mol. The van der Waals surface area contributed by atoms with Crippen LogP contribution in [-0.2, 0) is 19.4 Å². The number of benzene rings is 7. The van der Waals surface area contributed by atoms with Crippen molar-refractivity contribution in [3.63, 3.8) is 0 Å². The van der Waals surface area contributed by atoms with Crippen molar-refractivity contribution in [1.82, 2.24) is 69.0 Å². The first-order chi connectivity index (χ1) is 60.0. The van der Waals surface area contributed by atoms with Crippen LogP contribution in [0.2, 0.25) is 0 Å². The first-order valence-electron chi connectivity index (χ1n) is 41.7. The van der Waals surface area contributed by atoms with Gasteiger partial charge in [-0.05, 0) is 226 Å². The highest BCUT2D eigenvalue weighted by Crippen LogP contribution is 2.42. The number of rotatable bonds is 27. The van der Waals surface area contributed by atoms with Crippen LogP contribution in [0.25, 0.3) is 76.7 Å². The Labute approximate surface area is 722 Å². The molecule has 0 aliphatic carbocycles. The van der Waals surface area contributed by atoms with E-state index >= 15 is 0 Å². The van der Waals surface area contributed by atoms with Crippen LogP contribution in [0, 0.1) is 83.1 Å². The second-order valence-electron chi connectivity index (χ2n) is 29.9. The Morgan fingerprint density at radius 2 is 0.766 bits per heavy atom. The maximum atomic E-state index is 12.4. The predicted molar refractivity (Wildman–Crippen MR) is 495 cm³/mol. The predicted octanol–water partition coefficient (Wildman–Crippen LogP) is 18.8. The molecule has 0 aliphatic rings. The number of hydrogen-bond donors (Lipinski definition) is 5. The Bertz CT molecular complexity index is 6540. The molecule has 6 N–H and O–H groups in total. The zero-order chi connectivity index (χ0) is 88.2. The smallest absolute Gasteiger partial charge is 0.258 e.